The molecule has 3 N–H and O–H groups in total. The van der Waals surface area contributed by atoms with Crippen molar-refractivity contribution in [2.24, 2.45) is 0 Å². The maximum atomic E-state index is 13.1. The summed E-state index contributed by atoms with van der Waals surface area (Å²) < 4.78 is 28.0. The molecular formula is C23H24O9. The number of rotatable bonds is 5. The molecule has 170 valence electrons. The minimum absolute atomic E-state index is 0.0913. The lowest BCUT2D eigenvalue weighted by Gasteiger charge is -2.40. The topological polar surface area (TPSA) is 128 Å². The van der Waals surface area contributed by atoms with Gasteiger partial charge in [-0.3, -0.25) is 4.79 Å². The van der Waals surface area contributed by atoms with Crippen LogP contribution in [0.4, 0.5) is 0 Å². The van der Waals surface area contributed by atoms with Crippen LogP contribution in [-0.4, -0.2) is 60.2 Å². The molecule has 0 spiro atoms. The maximum Gasteiger partial charge on any atom is 0.229 e. The summed E-state index contributed by atoms with van der Waals surface area (Å²) in [4.78, 5) is 13.1. The molecule has 1 aliphatic rings. The summed E-state index contributed by atoms with van der Waals surface area (Å²) in [5.41, 5.74) is 0.899. The van der Waals surface area contributed by atoms with E-state index in [1.54, 1.807) is 19.1 Å². The molecule has 2 aromatic carbocycles. The van der Waals surface area contributed by atoms with Crippen LogP contribution in [0.5, 0.6) is 17.2 Å². The summed E-state index contributed by atoms with van der Waals surface area (Å²) in [6.45, 7) is 1.61. The van der Waals surface area contributed by atoms with Gasteiger partial charge in [-0.15, -0.1) is 0 Å². The van der Waals surface area contributed by atoms with Crippen LogP contribution in [0.15, 0.2) is 51.9 Å². The lowest BCUT2D eigenvalue weighted by atomic mass is 10.00. The van der Waals surface area contributed by atoms with E-state index in [0.717, 1.165) is 0 Å². The number of benzene rings is 2. The molecule has 0 radical (unpaired) electrons. The quantitative estimate of drug-likeness (QED) is 0.541. The van der Waals surface area contributed by atoms with Gasteiger partial charge in [-0.25, -0.2) is 0 Å². The second kappa shape index (κ2) is 8.79. The van der Waals surface area contributed by atoms with Crippen LogP contribution in [0.1, 0.15) is 6.92 Å². The number of methoxy groups -OCH3 is 2. The summed E-state index contributed by atoms with van der Waals surface area (Å²) in [7, 11) is 2.80. The number of ether oxygens (including phenoxy) is 4. The van der Waals surface area contributed by atoms with E-state index in [2.05, 4.69) is 0 Å². The summed E-state index contributed by atoms with van der Waals surface area (Å²) in [5.74, 6) is 0.552. The molecule has 1 fully saturated rings. The van der Waals surface area contributed by atoms with E-state index in [4.69, 9.17) is 23.4 Å². The van der Waals surface area contributed by atoms with Gasteiger partial charge in [-0.1, -0.05) is 12.1 Å². The molecule has 5 atom stereocenters. The molecule has 1 aliphatic heterocycles. The molecule has 3 aromatic rings. The molecular weight excluding hydrogens is 420 g/mol. The van der Waals surface area contributed by atoms with E-state index in [1.807, 2.05) is 0 Å². The Kier molecular flexibility index (Phi) is 6.07. The standard InChI is InChI=1S/C23H24O9/c1-11-19(25)21(27)22(29-3)23(31-11)32-18-9-16-14(8-17(18)28-2)20(26)15(10-30-16)12-4-6-13(24)7-5-12/h4-11,19,21-25,27H,1-3H3/t11-,19-,21+,22+,23?/m0/s1. The lowest BCUT2D eigenvalue weighted by Crippen LogP contribution is -2.59. The van der Waals surface area contributed by atoms with E-state index in [9.17, 15) is 20.1 Å². The van der Waals surface area contributed by atoms with Gasteiger partial charge in [0.25, 0.3) is 0 Å². The van der Waals surface area contributed by atoms with Crippen molar-refractivity contribution in [1.82, 2.24) is 0 Å². The number of aliphatic hydroxyl groups is 2. The van der Waals surface area contributed by atoms with Gasteiger partial charge >= 0.3 is 0 Å². The third-order valence-electron chi connectivity index (χ3n) is 5.54. The zero-order valence-electron chi connectivity index (χ0n) is 17.7. The summed E-state index contributed by atoms with van der Waals surface area (Å²) >= 11 is 0. The SMILES string of the molecule is COc1cc2c(=O)c(-c3ccc(O)cc3)coc2cc1OC1O[C@@H](C)[C@H](O)[C@@H](O)[C@H]1OC. The molecule has 1 unspecified atom stereocenters. The van der Waals surface area contributed by atoms with E-state index in [-0.39, 0.29) is 33.6 Å². The Bertz CT molecular complexity index is 1150. The Morgan fingerprint density at radius 2 is 1.72 bits per heavy atom. The van der Waals surface area contributed by atoms with Gasteiger partial charge in [-0.05, 0) is 30.7 Å². The first-order chi connectivity index (χ1) is 15.3. The Hall–Kier alpha value is -3.11. The van der Waals surface area contributed by atoms with Crippen molar-refractivity contribution in [3.05, 3.63) is 52.9 Å². The molecule has 32 heavy (non-hydrogen) atoms. The first-order valence-corrected chi connectivity index (χ1v) is 9.98. The van der Waals surface area contributed by atoms with Gasteiger partial charge in [0.2, 0.25) is 11.7 Å². The van der Waals surface area contributed by atoms with Gasteiger partial charge in [0.05, 0.1) is 24.2 Å². The second-order valence-corrected chi connectivity index (χ2v) is 7.53. The minimum Gasteiger partial charge on any atom is -0.508 e. The number of aliphatic hydroxyl groups excluding tert-OH is 2. The smallest absolute Gasteiger partial charge is 0.229 e. The molecule has 1 aromatic heterocycles. The molecule has 0 bridgehead atoms. The van der Waals surface area contributed by atoms with Crippen LogP contribution in [0.25, 0.3) is 22.1 Å². The van der Waals surface area contributed by atoms with Crippen LogP contribution < -0.4 is 14.9 Å². The molecule has 0 aliphatic carbocycles. The highest BCUT2D eigenvalue weighted by Crippen LogP contribution is 2.35. The number of fused-ring (bicyclic) bond motifs is 1. The Morgan fingerprint density at radius 1 is 1.00 bits per heavy atom. The number of phenolic OH excluding ortho intramolecular Hbond substituents is 1. The minimum atomic E-state index is -1.22. The summed E-state index contributed by atoms with van der Waals surface area (Å²) in [5, 5.41) is 30.1. The van der Waals surface area contributed by atoms with E-state index < -0.39 is 30.7 Å². The molecule has 0 saturated carbocycles. The van der Waals surface area contributed by atoms with Crippen LogP contribution in [0, 0.1) is 0 Å². The predicted molar refractivity (Wildman–Crippen MR) is 114 cm³/mol. The van der Waals surface area contributed by atoms with Gasteiger partial charge in [-0.2, -0.15) is 0 Å². The first-order valence-electron chi connectivity index (χ1n) is 9.98. The van der Waals surface area contributed by atoms with Crippen molar-refractivity contribution in [2.75, 3.05) is 14.2 Å². The Labute approximate surface area is 183 Å². The highest BCUT2D eigenvalue weighted by Gasteiger charge is 2.44. The normalized spacial score (nSPS) is 25.6. The largest absolute Gasteiger partial charge is 0.508 e. The van der Waals surface area contributed by atoms with Crippen molar-refractivity contribution >= 4 is 11.0 Å². The predicted octanol–water partition coefficient (Wildman–Crippen LogP) is 2.03. The monoisotopic (exact) mass is 444 g/mol. The number of hydrogen-bond acceptors (Lipinski definition) is 9. The van der Waals surface area contributed by atoms with Crippen LogP contribution in [0.2, 0.25) is 0 Å². The fraction of sp³-hybridized carbons (Fsp3) is 0.348. The second-order valence-electron chi connectivity index (χ2n) is 7.53. The lowest BCUT2D eigenvalue weighted by molar-refractivity contribution is -0.274. The molecule has 2 heterocycles. The fourth-order valence-electron chi connectivity index (χ4n) is 3.70. The molecule has 4 rings (SSSR count). The van der Waals surface area contributed by atoms with Gasteiger partial charge in [0.15, 0.2) is 11.5 Å². The highest BCUT2D eigenvalue weighted by molar-refractivity contribution is 5.84. The van der Waals surface area contributed by atoms with Crippen LogP contribution >= 0.6 is 0 Å². The average Bonchev–Trinajstić information content (AvgIpc) is 2.78. The van der Waals surface area contributed by atoms with Crippen molar-refractivity contribution in [3.8, 4) is 28.4 Å². The number of aromatic hydroxyl groups is 1. The third-order valence-corrected chi connectivity index (χ3v) is 5.54. The zero-order valence-corrected chi connectivity index (χ0v) is 17.7. The summed E-state index contributed by atoms with van der Waals surface area (Å²) in [6, 6.07) is 9.20. The average molecular weight is 444 g/mol. The zero-order chi connectivity index (χ0) is 23.0. The number of phenols is 1. The van der Waals surface area contributed by atoms with E-state index >= 15 is 0 Å². The van der Waals surface area contributed by atoms with E-state index in [0.29, 0.717) is 11.1 Å². The van der Waals surface area contributed by atoms with Crippen molar-refractivity contribution in [2.45, 2.75) is 37.6 Å². The molecule has 1 saturated heterocycles. The number of hydrogen-bond donors (Lipinski definition) is 3. The van der Waals surface area contributed by atoms with Crippen molar-refractivity contribution in [1.29, 1.82) is 0 Å². The molecule has 0 amide bonds. The van der Waals surface area contributed by atoms with Crippen molar-refractivity contribution < 1.29 is 38.7 Å². The third kappa shape index (κ3) is 3.91. The maximum absolute atomic E-state index is 13.1. The Balaban J connectivity index is 1.72. The highest BCUT2D eigenvalue weighted by atomic mass is 16.7. The molecule has 9 nitrogen and oxygen atoms in total. The van der Waals surface area contributed by atoms with Gasteiger partial charge in [0, 0.05) is 13.2 Å². The van der Waals surface area contributed by atoms with Gasteiger partial charge < -0.3 is 38.7 Å². The Morgan fingerprint density at radius 3 is 2.38 bits per heavy atom. The van der Waals surface area contributed by atoms with Crippen LogP contribution in [0.3, 0.4) is 0 Å². The van der Waals surface area contributed by atoms with E-state index in [1.165, 1.54) is 44.7 Å². The summed E-state index contributed by atoms with van der Waals surface area (Å²) in [6.07, 6.45) is -3.70. The van der Waals surface area contributed by atoms with Crippen LogP contribution in [-0.2, 0) is 9.47 Å². The molecule has 9 heteroatoms. The first kappa shape index (κ1) is 22.1. The van der Waals surface area contributed by atoms with Crippen molar-refractivity contribution in [3.63, 3.8) is 0 Å². The fourth-order valence-corrected chi connectivity index (χ4v) is 3.70. The van der Waals surface area contributed by atoms with Gasteiger partial charge in [0.1, 0.15) is 35.9 Å².